The lowest BCUT2D eigenvalue weighted by Gasteiger charge is -2.10. The molecule has 0 bridgehead atoms. The molecule has 148 valence electrons. The van der Waals surface area contributed by atoms with Crippen molar-refractivity contribution in [2.24, 2.45) is 0 Å². The summed E-state index contributed by atoms with van der Waals surface area (Å²) in [5.41, 5.74) is 6.56. The van der Waals surface area contributed by atoms with Crippen molar-refractivity contribution in [1.29, 1.82) is 0 Å². The van der Waals surface area contributed by atoms with Gasteiger partial charge >= 0.3 is 0 Å². The van der Waals surface area contributed by atoms with E-state index in [0.717, 1.165) is 38.8 Å². The topological polar surface area (TPSA) is 57.0 Å². The van der Waals surface area contributed by atoms with E-state index in [0.29, 0.717) is 18.7 Å². The smallest absolute Gasteiger partial charge is 0.160 e. The molecule has 0 aliphatic carbocycles. The molecule has 0 fully saturated rings. The van der Waals surface area contributed by atoms with Gasteiger partial charge in [0.1, 0.15) is 17.9 Å². The summed E-state index contributed by atoms with van der Waals surface area (Å²) < 4.78 is 8.16. The molecule has 0 aliphatic rings. The molecule has 30 heavy (non-hydrogen) atoms. The van der Waals surface area contributed by atoms with Gasteiger partial charge < -0.3 is 9.30 Å². The monoisotopic (exact) mass is 395 g/mol. The molecule has 0 saturated heterocycles. The van der Waals surface area contributed by atoms with Crippen LogP contribution in [-0.4, -0.2) is 26.9 Å². The van der Waals surface area contributed by atoms with Crippen molar-refractivity contribution in [2.45, 2.75) is 20.4 Å². The van der Waals surface area contributed by atoms with Crippen LogP contribution in [0.1, 0.15) is 22.8 Å². The first-order valence-corrected chi connectivity index (χ1v) is 10.00. The van der Waals surface area contributed by atoms with Crippen LogP contribution in [0.2, 0.25) is 0 Å². The molecular weight excluding hydrogens is 374 g/mol. The fraction of sp³-hybridized carbons (Fsp3) is 0.160. The fourth-order valence-corrected chi connectivity index (χ4v) is 3.93. The van der Waals surface area contributed by atoms with Crippen molar-refractivity contribution in [3.05, 3.63) is 77.9 Å². The third kappa shape index (κ3) is 3.08. The number of carbonyl (C=O) groups excluding carboxylic acids is 1. The second-order valence-corrected chi connectivity index (χ2v) is 7.44. The Morgan fingerprint density at radius 3 is 2.40 bits per heavy atom. The number of nitrogens with zero attached hydrogens (tertiary/aromatic N) is 3. The summed E-state index contributed by atoms with van der Waals surface area (Å²) in [5, 5.41) is 1.11. The van der Waals surface area contributed by atoms with Crippen molar-refractivity contribution in [3.8, 4) is 5.75 Å². The number of para-hydroxylation sites is 3. The molecule has 0 N–H and O–H groups in total. The van der Waals surface area contributed by atoms with E-state index < -0.39 is 0 Å². The van der Waals surface area contributed by atoms with Gasteiger partial charge in [0.25, 0.3) is 0 Å². The second kappa shape index (κ2) is 7.26. The number of benzene rings is 3. The number of aromatic nitrogens is 3. The van der Waals surface area contributed by atoms with E-state index in [-0.39, 0.29) is 5.78 Å². The van der Waals surface area contributed by atoms with Gasteiger partial charge in [-0.3, -0.25) is 4.79 Å². The molecule has 0 spiro atoms. The highest BCUT2D eigenvalue weighted by Gasteiger charge is 2.16. The Morgan fingerprint density at radius 2 is 1.67 bits per heavy atom. The van der Waals surface area contributed by atoms with Gasteiger partial charge in [-0.2, -0.15) is 0 Å². The Morgan fingerprint density at radius 1 is 0.933 bits per heavy atom. The first kappa shape index (κ1) is 18.3. The Kier molecular flexibility index (Phi) is 4.43. The van der Waals surface area contributed by atoms with Crippen molar-refractivity contribution < 1.29 is 9.53 Å². The number of hydrogen-bond donors (Lipinski definition) is 0. The quantitative estimate of drug-likeness (QED) is 0.378. The number of ether oxygens (including phenoxy) is 1. The summed E-state index contributed by atoms with van der Waals surface area (Å²) in [6.07, 6.45) is 0. The highest BCUT2D eigenvalue weighted by Crippen LogP contribution is 2.30. The van der Waals surface area contributed by atoms with Crippen LogP contribution in [0, 0.1) is 6.92 Å². The highest BCUT2D eigenvalue weighted by atomic mass is 16.5. The van der Waals surface area contributed by atoms with Crippen LogP contribution in [-0.2, 0) is 6.54 Å². The molecular formula is C25H21N3O2. The van der Waals surface area contributed by atoms with E-state index in [2.05, 4.69) is 29.7 Å². The van der Waals surface area contributed by atoms with E-state index in [9.17, 15) is 4.79 Å². The number of fused-ring (bicyclic) bond motifs is 4. The van der Waals surface area contributed by atoms with Gasteiger partial charge in [-0.25, -0.2) is 9.97 Å². The number of carbonyl (C=O) groups is 1. The van der Waals surface area contributed by atoms with Gasteiger partial charge in [0.2, 0.25) is 0 Å². The van der Waals surface area contributed by atoms with Gasteiger partial charge in [0, 0.05) is 10.9 Å². The van der Waals surface area contributed by atoms with E-state index in [4.69, 9.17) is 14.7 Å². The molecule has 0 radical (unpaired) electrons. The maximum Gasteiger partial charge on any atom is 0.160 e. The average molecular weight is 395 g/mol. The molecule has 5 heteroatoms. The van der Waals surface area contributed by atoms with Crippen molar-refractivity contribution in [2.75, 3.05) is 6.61 Å². The molecule has 0 aliphatic heterocycles. The molecule has 0 amide bonds. The third-order valence-electron chi connectivity index (χ3n) is 5.42. The summed E-state index contributed by atoms with van der Waals surface area (Å²) in [6, 6.07) is 21.5. The van der Waals surface area contributed by atoms with Crippen molar-refractivity contribution in [3.63, 3.8) is 0 Å². The van der Waals surface area contributed by atoms with Gasteiger partial charge in [-0.1, -0.05) is 30.3 Å². The number of ketones is 1. The zero-order valence-corrected chi connectivity index (χ0v) is 16.9. The molecule has 5 rings (SSSR count). The van der Waals surface area contributed by atoms with Crippen LogP contribution in [0.25, 0.3) is 33.1 Å². The van der Waals surface area contributed by atoms with Crippen LogP contribution in [0.3, 0.4) is 0 Å². The molecule has 2 heterocycles. The van der Waals surface area contributed by atoms with Crippen LogP contribution >= 0.6 is 0 Å². The predicted octanol–water partition coefficient (Wildman–Crippen LogP) is 5.33. The minimum Gasteiger partial charge on any atom is -0.492 e. The van der Waals surface area contributed by atoms with E-state index >= 15 is 0 Å². The van der Waals surface area contributed by atoms with Crippen LogP contribution in [0.5, 0.6) is 5.75 Å². The number of Topliss-reactive ketones (excluding diaryl/α,β-unsaturated/α-hetero) is 1. The molecule has 0 unspecified atom stereocenters. The summed E-state index contributed by atoms with van der Waals surface area (Å²) >= 11 is 0. The SMILES string of the molecule is CC(=O)c1ccc(OCCn2c3nc4ccccc4nc3c3cccc(C)c32)cc1. The Hall–Kier alpha value is -3.73. The number of rotatable bonds is 5. The molecule has 2 aromatic heterocycles. The Bertz CT molecular complexity index is 1400. The van der Waals surface area contributed by atoms with Crippen LogP contribution in [0.15, 0.2) is 66.7 Å². The summed E-state index contributed by atoms with van der Waals surface area (Å²) in [7, 11) is 0. The largest absolute Gasteiger partial charge is 0.492 e. The lowest BCUT2D eigenvalue weighted by atomic mass is 10.1. The normalized spacial score (nSPS) is 11.4. The van der Waals surface area contributed by atoms with Crippen LogP contribution in [0.4, 0.5) is 0 Å². The van der Waals surface area contributed by atoms with Crippen LogP contribution < -0.4 is 4.74 Å². The maximum absolute atomic E-state index is 11.4. The maximum atomic E-state index is 11.4. The predicted molar refractivity (Wildman–Crippen MR) is 119 cm³/mol. The highest BCUT2D eigenvalue weighted by molar-refractivity contribution is 6.07. The first-order chi connectivity index (χ1) is 14.6. The molecule has 0 saturated carbocycles. The second-order valence-electron chi connectivity index (χ2n) is 7.44. The first-order valence-electron chi connectivity index (χ1n) is 10.00. The molecule has 5 aromatic rings. The summed E-state index contributed by atoms with van der Waals surface area (Å²) in [4.78, 5) is 21.3. The van der Waals surface area contributed by atoms with E-state index in [1.165, 1.54) is 5.56 Å². The van der Waals surface area contributed by atoms with Gasteiger partial charge in [0.05, 0.1) is 23.1 Å². The molecule has 0 atom stereocenters. The molecule has 5 nitrogen and oxygen atoms in total. The Labute approximate surface area is 173 Å². The Balaban J connectivity index is 1.53. The minimum atomic E-state index is 0.0492. The minimum absolute atomic E-state index is 0.0492. The van der Waals surface area contributed by atoms with E-state index in [1.807, 2.05) is 36.4 Å². The van der Waals surface area contributed by atoms with Gasteiger partial charge in [-0.05, 0) is 55.8 Å². The van der Waals surface area contributed by atoms with Gasteiger partial charge in [0.15, 0.2) is 11.4 Å². The number of aryl methyl sites for hydroxylation is 1. The zero-order valence-electron chi connectivity index (χ0n) is 16.9. The number of hydrogen-bond acceptors (Lipinski definition) is 4. The fourth-order valence-electron chi connectivity index (χ4n) is 3.93. The van der Waals surface area contributed by atoms with Crippen molar-refractivity contribution >= 4 is 38.9 Å². The van der Waals surface area contributed by atoms with Crippen molar-refractivity contribution in [1.82, 2.24) is 14.5 Å². The summed E-state index contributed by atoms with van der Waals surface area (Å²) in [5.74, 6) is 0.794. The average Bonchev–Trinajstić information content (AvgIpc) is 3.06. The summed E-state index contributed by atoms with van der Waals surface area (Å²) in [6.45, 7) is 4.80. The third-order valence-corrected chi connectivity index (χ3v) is 5.42. The lowest BCUT2D eigenvalue weighted by molar-refractivity contribution is 0.101. The van der Waals surface area contributed by atoms with Gasteiger partial charge in [-0.15, -0.1) is 0 Å². The standard InChI is InChI=1S/C25H21N3O2/c1-16-6-5-7-20-23-25(27-22-9-4-3-8-21(22)26-23)28(24(16)20)14-15-30-19-12-10-18(11-13-19)17(2)29/h3-13H,14-15H2,1-2H3. The lowest BCUT2D eigenvalue weighted by Crippen LogP contribution is -2.09. The molecule has 3 aromatic carbocycles. The van der Waals surface area contributed by atoms with E-state index in [1.54, 1.807) is 19.1 Å². The zero-order chi connectivity index (χ0) is 20.7.